The molecule has 0 aliphatic rings. The van der Waals surface area contributed by atoms with Gasteiger partial charge in [0, 0.05) is 66.2 Å². The Morgan fingerprint density at radius 1 is 0.183 bits per heavy atom. The average Bonchev–Trinajstić information content (AvgIpc) is 1.22. The van der Waals surface area contributed by atoms with Crippen LogP contribution in [0.3, 0.4) is 0 Å². The van der Waals surface area contributed by atoms with Crippen LogP contribution in [0.15, 0.2) is 400 Å². The van der Waals surface area contributed by atoms with E-state index in [4.69, 9.17) is 0 Å². The van der Waals surface area contributed by atoms with Gasteiger partial charge in [-0.3, -0.25) is 0 Å². The Labute approximate surface area is 603 Å². The summed E-state index contributed by atoms with van der Waals surface area (Å²) in [5.41, 5.74) is 25.0. The molecular weight excluding hydrogens is 1260 g/mol. The van der Waals surface area contributed by atoms with Crippen molar-refractivity contribution >= 4 is 121 Å². The Hall–Kier alpha value is -13.8. The van der Waals surface area contributed by atoms with Gasteiger partial charge < -0.3 is 18.9 Å². The minimum Gasteiger partial charge on any atom is -0.309 e. The lowest BCUT2D eigenvalue weighted by atomic mass is 9.89. The smallest absolute Gasteiger partial charge is 0.0782 e. The fraction of sp³-hybridized carbons (Fsp3) is 0. The lowest BCUT2D eigenvalue weighted by molar-refractivity contribution is 1.17. The van der Waals surface area contributed by atoms with Crippen molar-refractivity contribution in [3.05, 3.63) is 400 Å². The quantitative estimate of drug-likeness (QED) is 0.107. The van der Waals surface area contributed by atoms with E-state index in [1.165, 1.54) is 92.4 Å². The number of anilines is 6. The Bertz CT molecular complexity index is 6680. The predicted octanol–water partition coefficient (Wildman–Crippen LogP) is 27.8. The number of rotatable bonds is 13. The fourth-order valence-electron chi connectivity index (χ4n) is 16.7. The molecule has 0 fully saturated rings. The second-order valence-electron chi connectivity index (χ2n) is 27.0. The number of nitrogens with zero attached hydrogens (tertiary/aromatic N) is 4. The van der Waals surface area contributed by atoms with Crippen LogP contribution in [0.25, 0.3) is 154 Å². The van der Waals surface area contributed by atoms with Crippen LogP contribution < -0.4 is 9.80 Å². The van der Waals surface area contributed by atoms with Gasteiger partial charge in [0.25, 0.3) is 0 Å². The molecule has 0 N–H and O–H groups in total. The molecule has 2 aromatic heterocycles. The lowest BCUT2D eigenvalue weighted by Gasteiger charge is -2.31. The van der Waals surface area contributed by atoms with E-state index in [1.54, 1.807) is 0 Å². The van der Waals surface area contributed by atoms with E-state index < -0.39 is 0 Å². The zero-order valence-electron chi connectivity index (χ0n) is 56.9. The molecule has 0 amide bonds. The van der Waals surface area contributed by atoms with Crippen LogP contribution in [-0.4, -0.2) is 9.13 Å². The van der Waals surface area contributed by atoms with Gasteiger partial charge in [0.2, 0.25) is 0 Å². The van der Waals surface area contributed by atoms with E-state index in [0.717, 1.165) is 95.4 Å². The van der Waals surface area contributed by atoms with Crippen LogP contribution in [-0.2, 0) is 0 Å². The number of hydrogen-bond donors (Lipinski definition) is 0. The molecule has 2 heterocycles. The van der Waals surface area contributed by atoms with Gasteiger partial charge in [0.05, 0.1) is 44.8 Å². The van der Waals surface area contributed by atoms with E-state index in [0.29, 0.717) is 0 Å². The van der Waals surface area contributed by atoms with E-state index in [-0.39, 0.29) is 0 Å². The third-order valence-corrected chi connectivity index (χ3v) is 21.2. The molecule has 0 saturated carbocycles. The maximum absolute atomic E-state index is 2.54. The predicted molar refractivity (Wildman–Crippen MR) is 442 cm³/mol. The molecule has 0 atom stereocenters. The average molecular weight is 1320 g/mol. The molecular formula is C100H66N4. The molecule has 20 aromatic rings. The van der Waals surface area contributed by atoms with Gasteiger partial charge in [0.1, 0.15) is 0 Å². The standard InChI is InChI=1S/C100H66N4/c1-5-28-67(29-6-1)68-54-58-71(59-55-68)95-84-43-17-13-38-79(84)81-40-15-19-45-86(81)99(95)103(76-34-9-3-10-35-76)93-52-27-51-92-97(93)89-47-22-24-50-91(89)101(92)78-64-62-70(63-65-78)74-31-25-30-73(66-74)69-56-60-72(61-57-69)96-85-44-18-14-39-80(85)82-41-16-20-46-87(82)100(96)104(77-36-11-4-12-37-77)94-53-26-48-88-83-42-21-23-49-90(83)102(98(88)94)75-32-7-2-8-33-75/h1-66H. The highest BCUT2D eigenvalue weighted by Crippen LogP contribution is 2.55. The SMILES string of the molecule is c1ccc(-c2ccc(-c3c(N(c4ccccc4)c4cccc5c4c4ccccc4n5-c4ccc(-c5cccc(-c6ccc(-c7c(N(c8ccccc8)c8cccc9c%10ccccc%10n(-c%10ccccc%10)c89)c8ccccc8c8ccccc78)cc6)c5)cc4)c4ccccc4c4ccccc34)cc2)cc1. The Morgan fingerprint density at radius 3 is 1.05 bits per heavy atom. The first-order valence-electron chi connectivity index (χ1n) is 35.8. The summed E-state index contributed by atoms with van der Waals surface area (Å²) in [7, 11) is 0. The monoisotopic (exact) mass is 1320 g/mol. The summed E-state index contributed by atoms with van der Waals surface area (Å²) in [6.07, 6.45) is 0. The highest BCUT2D eigenvalue weighted by molar-refractivity contribution is 6.27. The Balaban J connectivity index is 0.696. The minimum absolute atomic E-state index is 1.07. The van der Waals surface area contributed by atoms with Crippen LogP contribution >= 0.6 is 0 Å². The third-order valence-electron chi connectivity index (χ3n) is 21.2. The summed E-state index contributed by atoms with van der Waals surface area (Å²) in [4.78, 5) is 5.07. The number of hydrogen-bond acceptors (Lipinski definition) is 2. The van der Waals surface area contributed by atoms with Crippen molar-refractivity contribution < 1.29 is 0 Å². The van der Waals surface area contributed by atoms with Crippen molar-refractivity contribution in [2.75, 3.05) is 9.80 Å². The maximum atomic E-state index is 2.54. The number of fused-ring (bicyclic) bond motifs is 12. The molecule has 0 aliphatic heterocycles. The molecule has 4 heteroatoms. The second-order valence-corrected chi connectivity index (χ2v) is 27.0. The van der Waals surface area contributed by atoms with Crippen LogP contribution in [0.1, 0.15) is 0 Å². The van der Waals surface area contributed by atoms with Gasteiger partial charge >= 0.3 is 0 Å². The molecule has 20 rings (SSSR count). The zero-order valence-corrected chi connectivity index (χ0v) is 56.9. The number of benzene rings is 18. The topological polar surface area (TPSA) is 16.3 Å². The van der Waals surface area contributed by atoms with Crippen LogP contribution in [0.4, 0.5) is 34.1 Å². The number of para-hydroxylation sites is 6. The summed E-state index contributed by atoms with van der Waals surface area (Å²) in [6.45, 7) is 0. The van der Waals surface area contributed by atoms with Crippen molar-refractivity contribution in [1.29, 1.82) is 0 Å². The van der Waals surface area contributed by atoms with Gasteiger partial charge in [-0.1, -0.05) is 315 Å². The second kappa shape index (κ2) is 25.1. The van der Waals surface area contributed by atoms with Gasteiger partial charge in [-0.25, -0.2) is 0 Å². The highest BCUT2D eigenvalue weighted by atomic mass is 15.2. The molecule has 0 aliphatic carbocycles. The van der Waals surface area contributed by atoms with Crippen molar-refractivity contribution in [2.24, 2.45) is 0 Å². The van der Waals surface area contributed by atoms with Crippen molar-refractivity contribution in [2.45, 2.75) is 0 Å². The molecule has 18 aromatic carbocycles. The van der Waals surface area contributed by atoms with Crippen molar-refractivity contribution in [3.8, 4) is 67.0 Å². The van der Waals surface area contributed by atoms with Crippen molar-refractivity contribution in [1.82, 2.24) is 9.13 Å². The Morgan fingerprint density at radius 2 is 0.510 bits per heavy atom. The maximum Gasteiger partial charge on any atom is 0.0782 e. The molecule has 4 nitrogen and oxygen atoms in total. The summed E-state index contributed by atoms with van der Waals surface area (Å²) in [5.74, 6) is 0. The van der Waals surface area contributed by atoms with Crippen LogP contribution in [0.5, 0.6) is 0 Å². The molecule has 0 saturated heterocycles. The van der Waals surface area contributed by atoms with E-state index in [2.05, 4.69) is 419 Å². The van der Waals surface area contributed by atoms with Gasteiger partial charge in [-0.2, -0.15) is 0 Å². The van der Waals surface area contributed by atoms with E-state index >= 15 is 0 Å². The first-order valence-corrected chi connectivity index (χ1v) is 35.8. The molecule has 486 valence electrons. The minimum atomic E-state index is 1.07. The molecule has 0 unspecified atom stereocenters. The summed E-state index contributed by atoms with van der Waals surface area (Å²) >= 11 is 0. The first-order chi connectivity index (χ1) is 51.7. The van der Waals surface area contributed by atoms with Crippen molar-refractivity contribution in [3.63, 3.8) is 0 Å². The normalized spacial score (nSPS) is 11.7. The first kappa shape index (κ1) is 60.2. The fourth-order valence-corrected chi connectivity index (χ4v) is 16.7. The molecule has 104 heavy (non-hydrogen) atoms. The highest BCUT2D eigenvalue weighted by Gasteiger charge is 2.30. The zero-order chi connectivity index (χ0) is 68.6. The summed E-state index contributed by atoms with van der Waals surface area (Å²) in [6, 6.07) is 147. The lowest BCUT2D eigenvalue weighted by Crippen LogP contribution is -2.13. The van der Waals surface area contributed by atoms with E-state index in [1.807, 2.05) is 0 Å². The summed E-state index contributed by atoms with van der Waals surface area (Å²) < 4.78 is 4.91. The molecule has 0 radical (unpaired) electrons. The van der Waals surface area contributed by atoms with Gasteiger partial charge in [-0.15, -0.1) is 0 Å². The van der Waals surface area contributed by atoms with Crippen LogP contribution in [0, 0.1) is 0 Å². The third kappa shape index (κ3) is 9.91. The van der Waals surface area contributed by atoms with Crippen LogP contribution in [0.2, 0.25) is 0 Å². The molecule has 0 bridgehead atoms. The summed E-state index contributed by atoms with van der Waals surface area (Å²) in [5, 5.41) is 14.4. The van der Waals surface area contributed by atoms with Gasteiger partial charge in [0.15, 0.2) is 0 Å². The van der Waals surface area contributed by atoms with E-state index in [9.17, 15) is 0 Å². The number of aromatic nitrogens is 2. The van der Waals surface area contributed by atoms with Gasteiger partial charge in [-0.05, 0) is 162 Å². The largest absolute Gasteiger partial charge is 0.309 e. The molecule has 0 spiro atoms. The Kier molecular flexibility index (Phi) is 14.5.